The van der Waals surface area contributed by atoms with Crippen LogP contribution in [0.15, 0.2) is 0 Å². The van der Waals surface area contributed by atoms with Gasteiger partial charge in [0.2, 0.25) is 0 Å². The summed E-state index contributed by atoms with van der Waals surface area (Å²) in [4.78, 5) is 0. The molecular weight excluding hydrogens is 212 g/mol. The molecule has 102 valence electrons. The first-order chi connectivity index (χ1) is 7.92. The second kappa shape index (κ2) is 6.75. The van der Waals surface area contributed by atoms with E-state index in [1.54, 1.807) is 0 Å². The molecule has 2 nitrogen and oxygen atoms in total. The largest absolute Gasteiger partial charge is 0.387 e. The van der Waals surface area contributed by atoms with E-state index in [0.717, 1.165) is 31.3 Å². The highest BCUT2D eigenvalue weighted by Gasteiger charge is 2.41. The highest BCUT2D eigenvalue weighted by atomic mass is 16.6. The molecule has 1 saturated heterocycles. The van der Waals surface area contributed by atoms with E-state index >= 15 is 0 Å². The molecule has 3 unspecified atom stereocenters. The summed E-state index contributed by atoms with van der Waals surface area (Å²) in [6.07, 6.45) is 7.38. The molecule has 2 heteroatoms. The Kier molecular flexibility index (Phi) is 5.94. The van der Waals surface area contributed by atoms with E-state index in [0.29, 0.717) is 0 Å². The Balaban J connectivity index is 2.01. The number of aliphatic hydroxyl groups is 1. The van der Waals surface area contributed by atoms with Crippen molar-refractivity contribution in [2.75, 3.05) is 6.61 Å². The number of ether oxygens (including phenoxy) is 1. The fourth-order valence-corrected chi connectivity index (χ4v) is 2.40. The lowest BCUT2D eigenvalue weighted by molar-refractivity contribution is 0.0184. The van der Waals surface area contributed by atoms with Crippen molar-refractivity contribution in [3.05, 3.63) is 0 Å². The first-order valence-electron chi connectivity index (χ1n) is 7.26. The first-order valence-corrected chi connectivity index (χ1v) is 7.26. The van der Waals surface area contributed by atoms with Crippen LogP contribution in [0.1, 0.15) is 66.2 Å². The standard InChI is InChI=1S/C15H30O2/c1-12(2)7-5-8-13(3)9-6-10-15(4,16)14-11-17-14/h12-14,16H,5-11H2,1-4H3. The van der Waals surface area contributed by atoms with Gasteiger partial charge in [0.1, 0.15) is 6.10 Å². The molecule has 1 aliphatic rings. The Hall–Kier alpha value is -0.0800. The van der Waals surface area contributed by atoms with Gasteiger partial charge in [-0.1, -0.05) is 52.9 Å². The van der Waals surface area contributed by atoms with Gasteiger partial charge in [0.15, 0.2) is 0 Å². The third-order valence-corrected chi connectivity index (χ3v) is 3.89. The molecule has 0 aliphatic carbocycles. The molecule has 0 radical (unpaired) electrons. The Morgan fingerprint density at radius 3 is 2.29 bits per heavy atom. The van der Waals surface area contributed by atoms with Gasteiger partial charge in [-0.2, -0.15) is 0 Å². The highest BCUT2D eigenvalue weighted by molar-refractivity contribution is 4.90. The van der Waals surface area contributed by atoms with Crippen LogP contribution in [-0.2, 0) is 4.74 Å². The predicted octanol–water partition coefficient (Wildman–Crippen LogP) is 3.77. The monoisotopic (exact) mass is 242 g/mol. The number of hydrogen-bond acceptors (Lipinski definition) is 2. The summed E-state index contributed by atoms with van der Waals surface area (Å²) in [5, 5.41) is 10.1. The highest BCUT2D eigenvalue weighted by Crippen LogP contribution is 2.29. The van der Waals surface area contributed by atoms with Gasteiger partial charge in [-0.25, -0.2) is 0 Å². The molecule has 0 aromatic heterocycles. The SMILES string of the molecule is CC(C)CCCC(C)CCCC(C)(O)C1CO1. The van der Waals surface area contributed by atoms with Gasteiger partial charge in [-0.05, 0) is 25.2 Å². The molecule has 1 fully saturated rings. The molecule has 0 bridgehead atoms. The van der Waals surface area contributed by atoms with Gasteiger partial charge in [0, 0.05) is 0 Å². The fourth-order valence-electron chi connectivity index (χ4n) is 2.40. The zero-order valence-corrected chi connectivity index (χ0v) is 12.0. The Labute approximate surface area is 107 Å². The number of hydrogen-bond donors (Lipinski definition) is 1. The lowest BCUT2D eigenvalue weighted by Gasteiger charge is -2.21. The molecule has 3 atom stereocenters. The van der Waals surface area contributed by atoms with E-state index in [4.69, 9.17) is 4.74 Å². The summed E-state index contributed by atoms with van der Waals surface area (Å²) in [7, 11) is 0. The zero-order chi connectivity index (χ0) is 12.9. The first kappa shape index (κ1) is 15.0. The van der Waals surface area contributed by atoms with Crippen LogP contribution in [0.25, 0.3) is 0 Å². The van der Waals surface area contributed by atoms with E-state index < -0.39 is 5.60 Å². The molecule has 1 heterocycles. The summed E-state index contributed by atoms with van der Waals surface area (Å²) < 4.78 is 5.17. The third-order valence-electron chi connectivity index (χ3n) is 3.89. The molecule has 1 N–H and O–H groups in total. The van der Waals surface area contributed by atoms with Gasteiger partial charge >= 0.3 is 0 Å². The summed E-state index contributed by atoms with van der Waals surface area (Å²) >= 11 is 0. The van der Waals surface area contributed by atoms with Crippen molar-refractivity contribution in [2.45, 2.75) is 77.9 Å². The second-order valence-electron chi connectivity index (χ2n) is 6.50. The van der Waals surface area contributed by atoms with Crippen molar-refractivity contribution < 1.29 is 9.84 Å². The van der Waals surface area contributed by atoms with Crippen LogP contribution in [0.2, 0.25) is 0 Å². The van der Waals surface area contributed by atoms with Crippen LogP contribution in [0.4, 0.5) is 0 Å². The second-order valence-corrected chi connectivity index (χ2v) is 6.50. The number of epoxide rings is 1. The predicted molar refractivity (Wildman–Crippen MR) is 72.1 cm³/mol. The Morgan fingerprint density at radius 2 is 1.76 bits per heavy atom. The van der Waals surface area contributed by atoms with Crippen LogP contribution in [0.5, 0.6) is 0 Å². The minimum absolute atomic E-state index is 0.110. The topological polar surface area (TPSA) is 32.8 Å². The van der Waals surface area contributed by atoms with Crippen molar-refractivity contribution in [1.29, 1.82) is 0 Å². The normalized spacial score (nSPS) is 24.7. The van der Waals surface area contributed by atoms with Gasteiger partial charge in [0.25, 0.3) is 0 Å². The minimum Gasteiger partial charge on any atom is -0.387 e. The molecule has 1 rings (SSSR count). The summed E-state index contributed by atoms with van der Waals surface area (Å²) in [5.41, 5.74) is -0.586. The fraction of sp³-hybridized carbons (Fsp3) is 1.00. The average molecular weight is 242 g/mol. The van der Waals surface area contributed by atoms with Crippen LogP contribution in [-0.4, -0.2) is 23.4 Å². The Bertz CT molecular complexity index is 207. The van der Waals surface area contributed by atoms with E-state index in [1.807, 2.05) is 6.92 Å². The maximum atomic E-state index is 10.1. The van der Waals surface area contributed by atoms with Gasteiger partial charge in [0.05, 0.1) is 12.2 Å². The van der Waals surface area contributed by atoms with Gasteiger partial charge < -0.3 is 9.84 Å². The quantitative estimate of drug-likeness (QED) is 0.624. The molecule has 0 aromatic rings. The van der Waals surface area contributed by atoms with E-state index in [2.05, 4.69) is 20.8 Å². The van der Waals surface area contributed by atoms with E-state index in [9.17, 15) is 5.11 Å². The van der Waals surface area contributed by atoms with E-state index in [-0.39, 0.29) is 6.10 Å². The Morgan fingerprint density at radius 1 is 1.18 bits per heavy atom. The molecular formula is C15H30O2. The lowest BCUT2D eigenvalue weighted by atomic mass is 9.90. The minimum atomic E-state index is -0.586. The van der Waals surface area contributed by atoms with Gasteiger partial charge in [-0.15, -0.1) is 0 Å². The van der Waals surface area contributed by atoms with Crippen LogP contribution in [0, 0.1) is 11.8 Å². The van der Waals surface area contributed by atoms with Crippen LogP contribution < -0.4 is 0 Å². The smallest absolute Gasteiger partial charge is 0.109 e. The maximum Gasteiger partial charge on any atom is 0.109 e. The van der Waals surface area contributed by atoms with Crippen LogP contribution >= 0.6 is 0 Å². The number of rotatable bonds is 9. The van der Waals surface area contributed by atoms with Crippen molar-refractivity contribution in [1.82, 2.24) is 0 Å². The van der Waals surface area contributed by atoms with E-state index in [1.165, 1.54) is 25.7 Å². The van der Waals surface area contributed by atoms with Crippen molar-refractivity contribution in [2.24, 2.45) is 11.8 Å². The molecule has 17 heavy (non-hydrogen) atoms. The maximum absolute atomic E-state index is 10.1. The average Bonchev–Trinajstić information content (AvgIpc) is 2.99. The third kappa shape index (κ3) is 6.42. The molecule has 0 saturated carbocycles. The lowest BCUT2D eigenvalue weighted by Crippen LogP contribution is -2.31. The molecule has 0 spiro atoms. The van der Waals surface area contributed by atoms with Gasteiger partial charge in [-0.3, -0.25) is 0 Å². The zero-order valence-electron chi connectivity index (χ0n) is 12.0. The summed E-state index contributed by atoms with van der Waals surface area (Å²) in [5.74, 6) is 1.62. The van der Waals surface area contributed by atoms with Crippen molar-refractivity contribution in [3.63, 3.8) is 0 Å². The molecule has 0 amide bonds. The van der Waals surface area contributed by atoms with Crippen LogP contribution in [0.3, 0.4) is 0 Å². The summed E-state index contributed by atoms with van der Waals surface area (Å²) in [6, 6.07) is 0. The molecule has 1 aliphatic heterocycles. The summed E-state index contributed by atoms with van der Waals surface area (Å²) in [6.45, 7) is 9.57. The van der Waals surface area contributed by atoms with Crippen molar-refractivity contribution >= 4 is 0 Å². The molecule has 0 aromatic carbocycles. The van der Waals surface area contributed by atoms with Crippen molar-refractivity contribution in [3.8, 4) is 0 Å².